The highest BCUT2D eigenvalue weighted by Gasteiger charge is 2.28. The zero-order valence-electron chi connectivity index (χ0n) is 12.1. The molecule has 1 aliphatic rings. The molecular weight excluding hydrogens is 250 g/mol. The van der Waals surface area contributed by atoms with E-state index in [1.807, 2.05) is 6.07 Å². The van der Waals surface area contributed by atoms with Crippen molar-refractivity contribution in [1.82, 2.24) is 0 Å². The minimum Gasteiger partial charge on any atom is -0.508 e. The molecule has 0 bridgehead atoms. The topological polar surface area (TPSA) is 32.7 Å². The number of phenolic OH excluding ortho intramolecular Hbond substituents is 1. The number of rotatable bonds is 2. The van der Waals surface area contributed by atoms with Crippen molar-refractivity contribution >= 4 is 5.69 Å². The first-order valence-corrected chi connectivity index (χ1v) is 6.82. The molecule has 1 aliphatic heterocycles. The van der Waals surface area contributed by atoms with E-state index in [2.05, 4.69) is 44.0 Å². The van der Waals surface area contributed by atoms with E-state index in [1.165, 1.54) is 16.8 Å². The maximum atomic E-state index is 9.52. The Bertz CT molecular complexity index is 651. The van der Waals surface area contributed by atoms with Gasteiger partial charge in [-0.05, 0) is 37.6 Å². The number of hydrogen-bond donors (Lipinski definition) is 1. The van der Waals surface area contributed by atoms with E-state index in [9.17, 15) is 5.11 Å². The van der Waals surface area contributed by atoms with Gasteiger partial charge in [-0.15, -0.1) is 0 Å². The average molecular weight is 269 g/mol. The fourth-order valence-electron chi connectivity index (χ4n) is 2.87. The van der Waals surface area contributed by atoms with Crippen molar-refractivity contribution in [2.24, 2.45) is 0 Å². The summed E-state index contributed by atoms with van der Waals surface area (Å²) in [6.45, 7) is 4.85. The summed E-state index contributed by atoms with van der Waals surface area (Å²) in [6, 6.07) is 12.0. The van der Waals surface area contributed by atoms with E-state index in [4.69, 9.17) is 4.74 Å². The maximum absolute atomic E-state index is 9.52. The number of anilines is 1. The van der Waals surface area contributed by atoms with Crippen LogP contribution in [0.5, 0.6) is 11.5 Å². The van der Waals surface area contributed by atoms with Gasteiger partial charge in [-0.3, -0.25) is 0 Å². The van der Waals surface area contributed by atoms with Crippen LogP contribution in [0, 0.1) is 13.8 Å². The molecule has 20 heavy (non-hydrogen) atoms. The van der Waals surface area contributed by atoms with Crippen molar-refractivity contribution in [3.05, 3.63) is 53.1 Å². The summed E-state index contributed by atoms with van der Waals surface area (Å²) < 4.78 is 5.70. The Kier molecular flexibility index (Phi) is 3.05. The van der Waals surface area contributed by atoms with E-state index in [0.29, 0.717) is 6.61 Å². The van der Waals surface area contributed by atoms with E-state index >= 15 is 0 Å². The van der Waals surface area contributed by atoms with E-state index in [1.54, 1.807) is 12.1 Å². The summed E-state index contributed by atoms with van der Waals surface area (Å²) >= 11 is 0. The van der Waals surface area contributed by atoms with Gasteiger partial charge in [-0.25, -0.2) is 0 Å². The van der Waals surface area contributed by atoms with Crippen LogP contribution in [-0.4, -0.2) is 18.8 Å². The number of ether oxygens (including phenoxy) is 1. The van der Waals surface area contributed by atoms with Gasteiger partial charge in [0.25, 0.3) is 0 Å². The normalized spacial score (nSPS) is 16.6. The van der Waals surface area contributed by atoms with Crippen LogP contribution in [0.3, 0.4) is 0 Å². The fourth-order valence-corrected chi connectivity index (χ4v) is 2.87. The number of aryl methyl sites for hydroxylation is 2. The van der Waals surface area contributed by atoms with Gasteiger partial charge in [-0.1, -0.05) is 17.7 Å². The van der Waals surface area contributed by atoms with Gasteiger partial charge in [0.15, 0.2) is 0 Å². The largest absolute Gasteiger partial charge is 0.508 e. The molecule has 2 aromatic carbocycles. The zero-order chi connectivity index (χ0) is 14.3. The van der Waals surface area contributed by atoms with Crippen LogP contribution < -0.4 is 9.64 Å². The second-order valence-corrected chi connectivity index (χ2v) is 5.45. The van der Waals surface area contributed by atoms with Gasteiger partial charge in [0.05, 0.1) is 6.04 Å². The maximum Gasteiger partial charge on any atom is 0.128 e. The lowest BCUT2D eigenvalue weighted by molar-refractivity contribution is 0.328. The molecule has 0 spiro atoms. The molecule has 0 radical (unpaired) electrons. The number of aromatic hydroxyl groups is 1. The average Bonchev–Trinajstić information content (AvgIpc) is 2.80. The molecule has 1 heterocycles. The summed E-state index contributed by atoms with van der Waals surface area (Å²) in [5.41, 5.74) is 4.88. The zero-order valence-corrected chi connectivity index (χ0v) is 12.1. The molecule has 3 heteroatoms. The smallest absolute Gasteiger partial charge is 0.128 e. The third-order valence-corrected chi connectivity index (χ3v) is 3.95. The van der Waals surface area contributed by atoms with Gasteiger partial charge >= 0.3 is 0 Å². The van der Waals surface area contributed by atoms with Crippen LogP contribution >= 0.6 is 0 Å². The Labute approximate surface area is 119 Å². The van der Waals surface area contributed by atoms with Gasteiger partial charge in [0, 0.05) is 24.4 Å². The molecule has 1 atom stereocenters. The summed E-state index contributed by atoms with van der Waals surface area (Å²) in [7, 11) is 2.09. The molecule has 0 saturated heterocycles. The molecule has 0 fully saturated rings. The van der Waals surface area contributed by atoms with Crippen LogP contribution in [0.1, 0.15) is 22.7 Å². The number of phenols is 1. The van der Waals surface area contributed by atoms with Gasteiger partial charge in [0.1, 0.15) is 18.1 Å². The molecule has 0 saturated carbocycles. The lowest BCUT2D eigenvalue weighted by atomic mass is 10.0. The van der Waals surface area contributed by atoms with Crippen molar-refractivity contribution in [3.63, 3.8) is 0 Å². The van der Waals surface area contributed by atoms with Crippen LogP contribution in [-0.2, 0) is 0 Å². The highest BCUT2D eigenvalue weighted by atomic mass is 16.5. The Morgan fingerprint density at radius 3 is 2.70 bits per heavy atom. The second-order valence-electron chi connectivity index (χ2n) is 5.45. The highest BCUT2D eigenvalue weighted by molar-refractivity contribution is 5.57. The summed E-state index contributed by atoms with van der Waals surface area (Å²) in [5, 5.41) is 9.52. The second kappa shape index (κ2) is 4.75. The molecule has 0 aliphatic carbocycles. The van der Waals surface area contributed by atoms with Crippen molar-refractivity contribution in [2.45, 2.75) is 19.9 Å². The third kappa shape index (κ3) is 2.09. The van der Waals surface area contributed by atoms with Gasteiger partial charge in [0.2, 0.25) is 0 Å². The third-order valence-electron chi connectivity index (χ3n) is 3.95. The van der Waals surface area contributed by atoms with E-state index < -0.39 is 0 Å². The first-order chi connectivity index (χ1) is 9.56. The standard InChI is InChI=1S/C17H19NO2/c1-11-4-7-15(12(2)8-11)18(3)16-10-20-17-9-13(19)5-6-14(16)17/h4-9,16,19H,10H2,1-3H3. The Morgan fingerprint density at radius 2 is 1.95 bits per heavy atom. The van der Waals surface area contributed by atoms with Gasteiger partial charge in [-0.2, -0.15) is 0 Å². The highest BCUT2D eigenvalue weighted by Crippen LogP contribution is 2.39. The number of hydrogen-bond acceptors (Lipinski definition) is 3. The molecule has 104 valence electrons. The van der Waals surface area contributed by atoms with Crippen molar-refractivity contribution in [3.8, 4) is 11.5 Å². The van der Waals surface area contributed by atoms with Crippen LogP contribution in [0.25, 0.3) is 0 Å². The number of fused-ring (bicyclic) bond motifs is 1. The number of likely N-dealkylation sites (N-methyl/N-ethyl adjacent to an activating group) is 1. The minimum absolute atomic E-state index is 0.187. The molecule has 1 unspecified atom stereocenters. The van der Waals surface area contributed by atoms with E-state index in [-0.39, 0.29) is 11.8 Å². The molecule has 0 amide bonds. The number of nitrogens with zero attached hydrogens (tertiary/aromatic N) is 1. The SMILES string of the molecule is Cc1ccc(N(C)C2COc3cc(O)ccc32)c(C)c1. The first kappa shape index (κ1) is 12.9. The number of benzene rings is 2. The Hall–Kier alpha value is -2.16. The monoisotopic (exact) mass is 269 g/mol. The van der Waals surface area contributed by atoms with Crippen LogP contribution in [0.2, 0.25) is 0 Å². The molecular formula is C17H19NO2. The van der Waals surface area contributed by atoms with Crippen LogP contribution in [0.4, 0.5) is 5.69 Å². The predicted molar refractivity (Wildman–Crippen MR) is 80.7 cm³/mol. The van der Waals surface area contributed by atoms with Crippen LogP contribution in [0.15, 0.2) is 36.4 Å². The van der Waals surface area contributed by atoms with E-state index in [0.717, 1.165) is 11.3 Å². The van der Waals surface area contributed by atoms with Crippen molar-refractivity contribution in [1.29, 1.82) is 0 Å². The summed E-state index contributed by atoms with van der Waals surface area (Å²) in [4.78, 5) is 2.25. The Morgan fingerprint density at radius 1 is 1.15 bits per heavy atom. The summed E-state index contributed by atoms with van der Waals surface area (Å²) in [5.74, 6) is 1.03. The molecule has 3 nitrogen and oxygen atoms in total. The van der Waals surface area contributed by atoms with Crippen molar-refractivity contribution < 1.29 is 9.84 Å². The predicted octanol–water partition coefficient (Wildman–Crippen LogP) is 3.58. The Balaban J connectivity index is 1.95. The minimum atomic E-state index is 0.187. The fraction of sp³-hybridized carbons (Fsp3) is 0.294. The molecule has 0 aromatic heterocycles. The molecule has 3 rings (SSSR count). The molecule has 1 N–H and O–H groups in total. The summed E-state index contributed by atoms with van der Waals surface area (Å²) in [6.07, 6.45) is 0. The lowest BCUT2D eigenvalue weighted by Crippen LogP contribution is -2.25. The first-order valence-electron chi connectivity index (χ1n) is 6.82. The lowest BCUT2D eigenvalue weighted by Gasteiger charge is -2.27. The quantitative estimate of drug-likeness (QED) is 0.904. The van der Waals surface area contributed by atoms with Crippen molar-refractivity contribution in [2.75, 3.05) is 18.6 Å². The van der Waals surface area contributed by atoms with Gasteiger partial charge < -0.3 is 14.7 Å². The molecule has 2 aromatic rings.